The number of benzene rings is 2. The number of nitrogens with zero attached hydrogens (tertiary/aromatic N) is 5. The van der Waals surface area contributed by atoms with Gasteiger partial charge in [0, 0.05) is 6.92 Å². The predicted molar refractivity (Wildman–Crippen MR) is 111 cm³/mol. The van der Waals surface area contributed by atoms with E-state index in [-0.39, 0.29) is 0 Å². The maximum Gasteiger partial charge on any atom is 0.220 e. The van der Waals surface area contributed by atoms with Crippen LogP contribution in [0.2, 0.25) is 0 Å². The zero-order valence-electron chi connectivity index (χ0n) is 17.7. The summed E-state index contributed by atoms with van der Waals surface area (Å²) in [6.07, 6.45) is 0. The van der Waals surface area contributed by atoms with Gasteiger partial charge in [-0.3, -0.25) is 4.79 Å². The van der Waals surface area contributed by atoms with Crippen LogP contribution in [0, 0.1) is 56.2 Å². The van der Waals surface area contributed by atoms with Gasteiger partial charge in [0.25, 0.3) is 0 Å². The van der Waals surface area contributed by atoms with E-state index in [0.29, 0.717) is 22.6 Å². The van der Waals surface area contributed by atoms with Crippen LogP contribution in [-0.2, 0) is 4.79 Å². The van der Waals surface area contributed by atoms with Crippen LogP contribution in [0.3, 0.4) is 0 Å². The molecule has 8 nitrogen and oxygen atoms in total. The Bertz CT molecular complexity index is 1080. The molecule has 0 aromatic heterocycles. The molecule has 0 N–H and O–H groups in total. The molecular formula is C24H19N5O3. The minimum Gasteiger partial charge on any atom is -0.497 e. The number of methoxy groups -OCH3 is 2. The highest BCUT2D eigenvalue weighted by Gasteiger charge is 2.73. The van der Waals surface area contributed by atoms with Crippen molar-refractivity contribution in [2.45, 2.75) is 19.0 Å². The predicted octanol–water partition coefficient (Wildman–Crippen LogP) is 3.42. The molecule has 1 amide bonds. The molecule has 0 radical (unpaired) electrons. The number of ether oxygens (including phenoxy) is 2. The lowest BCUT2D eigenvalue weighted by atomic mass is 9.61. The second-order valence-electron chi connectivity index (χ2n) is 7.34. The van der Waals surface area contributed by atoms with Crippen LogP contribution in [0.1, 0.15) is 30.1 Å². The van der Waals surface area contributed by atoms with Gasteiger partial charge in [-0.15, -0.1) is 0 Å². The van der Waals surface area contributed by atoms with Gasteiger partial charge in [0.1, 0.15) is 11.5 Å². The normalized spacial score (nSPS) is 20.2. The minimum absolute atomic E-state index is 0.440. The molecule has 0 bridgehead atoms. The van der Waals surface area contributed by atoms with Gasteiger partial charge in [-0.1, -0.05) is 24.3 Å². The Morgan fingerprint density at radius 2 is 1.06 bits per heavy atom. The molecule has 0 spiro atoms. The second kappa shape index (κ2) is 8.31. The summed E-state index contributed by atoms with van der Waals surface area (Å²) < 4.78 is 10.4. The average molecular weight is 425 g/mol. The van der Waals surface area contributed by atoms with Crippen molar-refractivity contribution in [3.05, 3.63) is 59.7 Å². The number of carbonyl (C=O) groups is 1. The van der Waals surface area contributed by atoms with E-state index in [0.717, 1.165) is 0 Å². The topological polar surface area (TPSA) is 134 Å². The van der Waals surface area contributed by atoms with Crippen molar-refractivity contribution >= 4 is 5.91 Å². The van der Waals surface area contributed by atoms with Gasteiger partial charge in [0.15, 0.2) is 0 Å². The Labute approximate surface area is 186 Å². The number of amides is 1. The Hall–Kier alpha value is -4.53. The maximum atomic E-state index is 12.9. The quantitative estimate of drug-likeness (QED) is 0.732. The molecule has 2 unspecified atom stereocenters. The lowest BCUT2D eigenvalue weighted by Crippen LogP contribution is -2.39. The molecular weight excluding hydrogens is 406 g/mol. The molecule has 2 aromatic carbocycles. The van der Waals surface area contributed by atoms with Crippen LogP contribution in [0.25, 0.3) is 0 Å². The lowest BCUT2D eigenvalue weighted by molar-refractivity contribution is -0.132. The highest BCUT2D eigenvalue weighted by molar-refractivity contribution is 5.77. The van der Waals surface area contributed by atoms with E-state index >= 15 is 0 Å². The number of likely N-dealkylation sites (tertiary alicyclic amines) is 1. The average Bonchev–Trinajstić information content (AvgIpc) is 3.11. The Morgan fingerprint density at radius 1 is 0.750 bits per heavy atom. The first-order chi connectivity index (χ1) is 15.4. The van der Waals surface area contributed by atoms with Gasteiger partial charge in [0.05, 0.1) is 50.6 Å². The number of hydrogen-bond donors (Lipinski definition) is 0. The first-order valence-electron chi connectivity index (χ1n) is 9.61. The highest BCUT2D eigenvalue weighted by Crippen LogP contribution is 2.65. The van der Waals surface area contributed by atoms with E-state index < -0.39 is 28.8 Å². The maximum absolute atomic E-state index is 12.9. The summed E-state index contributed by atoms with van der Waals surface area (Å²) in [5.74, 6) is 0.604. The van der Waals surface area contributed by atoms with Gasteiger partial charge in [-0.05, 0) is 35.4 Å². The zero-order valence-corrected chi connectivity index (χ0v) is 17.7. The molecule has 0 aliphatic carbocycles. The first kappa shape index (κ1) is 22.2. The lowest BCUT2D eigenvalue weighted by Gasteiger charge is -2.31. The van der Waals surface area contributed by atoms with Crippen molar-refractivity contribution in [1.29, 1.82) is 21.0 Å². The highest BCUT2D eigenvalue weighted by atomic mass is 16.5. The molecule has 1 saturated heterocycles. The summed E-state index contributed by atoms with van der Waals surface area (Å²) in [6.45, 7) is 1.29. The van der Waals surface area contributed by atoms with Crippen molar-refractivity contribution in [2.24, 2.45) is 10.8 Å². The van der Waals surface area contributed by atoms with E-state index in [4.69, 9.17) is 9.47 Å². The molecule has 3 rings (SSSR count). The van der Waals surface area contributed by atoms with Gasteiger partial charge < -0.3 is 14.4 Å². The monoisotopic (exact) mass is 425 g/mol. The molecule has 1 fully saturated rings. The van der Waals surface area contributed by atoms with E-state index in [9.17, 15) is 25.8 Å². The molecule has 1 aliphatic rings. The fourth-order valence-electron chi connectivity index (χ4n) is 4.40. The van der Waals surface area contributed by atoms with Crippen molar-refractivity contribution in [3.8, 4) is 35.8 Å². The molecule has 2 aromatic rings. The third-order valence-corrected chi connectivity index (χ3v) is 5.93. The molecule has 158 valence electrons. The summed E-state index contributed by atoms with van der Waals surface area (Å²) in [4.78, 5) is 14.2. The van der Waals surface area contributed by atoms with E-state index in [1.165, 1.54) is 26.0 Å². The fraction of sp³-hybridized carbons (Fsp3) is 0.292. The van der Waals surface area contributed by atoms with Crippen LogP contribution in [0.15, 0.2) is 48.5 Å². The van der Waals surface area contributed by atoms with Crippen molar-refractivity contribution in [1.82, 2.24) is 4.90 Å². The van der Waals surface area contributed by atoms with Crippen LogP contribution < -0.4 is 9.47 Å². The SMILES string of the molecule is COc1ccc(C2N(C(C)=O)C(c3ccc(OC)cc3)C(C#N)(C#N)C2(C#N)C#N)cc1. The third kappa shape index (κ3) is 2.90. The molecule has 32 heavy (non-hydrogen) atoms. The van der Waals surface area contributed by atoms with Crippen LogP contribution in [0.5, 0.6) is 11.5 Å². The Balaban J connectivity index is 2.38. The van der Waals surface area contributed by atoms with Gasteiger partial charge >= 0.3 is 0 Å². The zero-order chi connectivity index (χ0) is 23.5. The third-order valence-electron chi connectivity index (χ3n) is 5.93. The summed E-state index contributed by atoms with van der Waals surface area (Å²) in [6, 6.07) is 18.5. The first-order valence-corrected chi connectivity index (χ1v) is 9.61. The summed E-state index contributed by atoms with van der Waals surface area (Å²) >= 11 is 0. The number of carbonyl (C=O) groups excluding carboxylic acids is 1. The van der Waals surface area contributed by atoms with Gasteiger partial charge in [-0.25, -0.2) is 0 Å². The van der Waals surface area contributed by atoms with Crippen molar-refractivity contribution in [3.63, 3.8) is 0 Å². The number of nitriles is 4. The largest absolute Gasteiger partial charge is 0.497 e. The van der Waals surface area contributed by atoms with Crippen LogP contribution in [0.4, 0.5) is 0 Å². The molecule has 8 heteroatoms. The van der Waals surface area contributed by atoms with Crippen molar-refractivity contribution in [2.75, 3.05) is 14.2 Å². The standard InChI is InChI=1S/C24H19N5O3/c1-16(30)29-21(17-4-8-19(31-2)9-5-17)23(12-25,13-26)24(14-27,15-28)22(29)18-6-10-20(32-3)11-7-18/h4-11,21-22H,1-3H3. The van der Waals surface area contributed by atoms with Crippen molar-refractivity contribution < 1.29 is 14.3 Å². The number of rotatable bonds is 4. The molecule has 2 atom stereocenters. The van der Waals surface area contributed by atoms with E-state index in [2.05, 4.69) is 0 Å². The van der Waals surface area contributed by atoms with Crippen LogP contribution in [-0.4, -0.2) is 25.0 Å². The fourth-order valence-corrected chi connectivity index (χ4v) is 4.40. The molecule has 0 saturated carbocycles. The Morgan fingerprint density at radius 3 is 1.28 bits per heavy atom. The van der Waals surface area contributed by atoms with E-state index in [1.807, 2.05) is 24.3 Å². The molecule has 1 heterocycles. The Kier molecular flexibility index (Phi) is 5.75. The summed E-state index contributed by atoms with van der Waals surface area (Å²) in [7, 11) is 2.99. The van der Waals surface area contributed by atoms with Gasteiger partial charge in [-0.2, -0.15) is 21.0 Å². The second-order valence-corrected chi connectivity index (χ2v) is 7.34. The number of hydrogen-bond acceptors (Lipinski definition) is 7. The molecule has 1 aliphatic heterocycles. The van der Waals surface area contributed by atoms with E-state index in [1.54, 1.807) is 48.5 Å². The van der Waals surface area contributed by atoms with Gasteiger partial charge in [0.2, 0.25) is 16.7 Å². The minimum atomic E-state index is -2.15. The summed E-state index contributed by atoms with van der Waals surface area (Å²) in [5, 5.41) is 40.9. The van der Waals surface area contributed by atoms with Crippen LogP contribution >= 0.6 is 0 Å². The smallest absolute Gasteiger partial charge is 0.220 e. The summed E-state index contributed by atoms with van der Waals surface area (Å²) in [5.41, 5.74) is -3.42.